The molecule has 0 atom stereocenters. The van der Waals surface area contributed by atoms with Crippen molar-refractivity contribution in [3.05, 3.63) is 328 Å². The number of nitrogens with zero attached hydrogens (tertiary/aromatic N) is 6. The fourth-order valence-electron chi connectivity index (χ4n) is 13.0. The molecule has 16 aromatic rings. The number of fused-ring (bicyclic) bond motifs is 8. The number of para-hydroxylation sites is 4. The van der Waals surface area contributed by atoms with E-state index in [9.17, 15) is 0 Å². The SMILES string of the molecule is c1ccc(-c2ccc(-c3nc(-c4ccccc4)nc(-c4ccc5c6c(cccc46)-c4ccccc4Oc4ccccc4-5)n3)cc2)cc1.c1ccc(-c2cccc(-c3nc(-c4ccccc4)nc(-c4ccc5c6c(cccc46)-c4ccccc4Oc4ccccc4-5)n3)c2)cc1. The normalized spacial score (nSPS) is 11.6. The van der Waals surface area contributed by atoms with Crippen LogP contribution in [0.5, 0.6) is 23.0 Å². The van der Waals surface area contributed by atoms with E-state index in [1.807, 2.05) is 121 Å². The summed E-state index contributed by atoms with van der Waals surface area (Å²) in [5.74, 6) is 7.11. The Hall–Kier alpha value is -12.8. The van der Waals surface area contributed by atoms with Crippen molar-refractivity contribution in [2.75, 3.05) is 0 Å². The van der Waals surface area contributed by atoms with Gasteiger partial charge in [-0.3, -0.25) is 0 Å². The van der Waals surface area contributed by atoms with Crippen LogP contribution in [0.4, 0.5) is 0 Å². The largest absolute Gasteiger partial charge is 0.456 e. The number of hydrogen-bond donors (Lipinski definition) is 0. The molecule has 0 radical (unpaired) electrons. The highest BCUT2D eigenvalue weighted by Gasteiger charge is 2.26. The van der Waals surface area contributed by atoms with Crippen molar-refractivity contribution in [1.29, 1.82) is 0 Å². The molecular weight excluding hydrogens is 1150 g/mol. The van der Waals surface area contributed by atoms with Crippen LogP contribution in [0.3, 0.4) is 0 Å². The molecule has 0 spiro atoms. The van der Waals surface area contributed by atoms with Gasteiger partial charge in [0.1, 0.15) is 23.0 Å². The highest BCUT2D eigenvalue weighted by atomic mass is 16.5. The number of benzene rings is 14. The van der Waals surface area contributed by atoms with E-state index in [0.29, 0.717) is 34.9 Å². The quantitative estimate of drug-likeness (QED) is 0.148. The molecule has 4 heterocycles. The number of aromatic nitrogens is 6. The summed E-state index contributed by atoms with van der Waals surface area (Å²) in [6, 6.07) is 112. The van der Waals surface area contributed by atoms with Gasteiger partial charge < -0.3 is 9.47 Å². The van der Waals surface area contributed by atoms with Crippen LogP contribution in [0.1, 0.15) is 0 Å². The Bertz CT molecular complexity index is 5450. The third-order valence-electron chi connectivity index (χ3n) is 17.5. The van der Waals surface area contributed by atoms with E-state index in [1.165, 1.54) is 5.56 Å². The summed E-state index contributed by atoms with van der Waals surface area (Å²) in [6.07, 6.45) is 0. The molecule has 0 saturated heterocycles. The van der Waals surface area contributed by atoms with Crippen molar-refractivity contribution in [2.24, 2.45) is 0 Å². The van der Waals surface area contributed by atoms with Crippen molar-refractivity contribution in [1.82, 2.24) is 29.9 Å². The van der Waals surface area contributed by atoms with Crippen molar-refractivity contribution in [2.45, 2.75) is 0 Å². The Morgan fingerprint density at radius 1 is 0.160 bits per heavy atom. The van der Waals surface area contributed by atoms with Gasteiger partial charge in [-0.1, -0.05) is 285 Å². The van der Waals surface area contributed by atoms with Crippen LogP contribution in [0.15, 0.2) is 328 Å². The van der Waals surface area contributed by atoms with Crippen LogP contribution in [0, 0.1) is 0 Å². The summed E-state index contributed by atoms with van der Waals surface area (Å²) in [7, 11) is 0. The van der Waals surface area contributed by atoms with Crippen LogP contribution in [0.2, 0.25) is 0 Å². The standard InChI is InChI=1S/2C43H27N3O/c1-3-13-28(14-4-1)30-17-11-18-31(27-30)42-44-41(29-15-5-2-6-16-29)45-43(46-42)37-26-25-36-33-20-8-10-24-39(33)47-38-23-9-7-19-32(38)34-21-12-22-35(37)40(34)36;1-3-12-28(13-4-1)29-22-24-31(25-23-29)42-44-41(30-14-5-2-6-15-30)45-43(46-42)37-27-26-36-33-17-8-10-21-39(33)47-38-20-9-7-16-32(38)34-18-11-19-35(37)40(34)36/h2*1-27H. The maximum Gasteiger partial charge on any atom is 0.164 e. The second-order valence-electron chi connectivity index (χ2n) is 23.2. The van der Waals surface area contributed by atoms with Crippen LogP contribution >= 0.6 is 0 Å². The Morgan fingerprint density at radius 2 is 0.415 bits per heavy atom. The van der Waals surface area contributed by atoms with Gasteiger partial charge in [0.2, 0.25) is 0 Å². The first-order chi connectivity index (χ1) is 46.6. The smallest absolute Gasteiger partial charge is 0.164 e. The van der Waals surface area contributed by atoms with E-state index >= 15 is 0 Å². The predicted molar refractivity (Wildman–Crippen MR) is 380 cm³/mol. The van der Waals surface area contributed by atoms with Gasteiger partial charge in [0.15, 0.2) is 34.9 Å². The molecule has 94 heavy (non-hydrogen) atoms. The molecule has 440 valence electrons. The first-order valence-corrected chi connectivity index (χ1v) is 31.4. The number of ether oxygens (including phenoxy) is 2. The van der Waals surface area contributed by atoms with Crippen molar-refractivity contribution in [3.8, 4) is 158 Å². The maximum atomic E-state index is 6.52. The summed E-state index contributed by atoms with van der Waals surface area (Å²) in [5.41, 5.74) is 18.8. The molecule has 18 rings (SSSR count). The first kappa shape index (κ1) is 55.3. The fourth-order valence-corrected chi connectivity index (χ4v) is 13.0. The van der Waals surface area contributed by atoms with Gasteiger partial charge in [-0.25, -0.2) is 29.9 Å². The fraction of sp³-hybridized carbons (Fsp3) is 0. The topological polar surface area (TPSA) is 95.8 Å². The van der Waals surface area contributed by atoms with E-state index in [1.54, 1.807) is 0 Å². The van der Waals surface area contributed by atoms with E-state index in [4.69, 9.17) is 39.4 Å². The first-order valence-electron chi connectivity index (χ1n) is 31.4. The molecule has 0 amide bonds. The average molecular weight is 1200 g/mol. The Morgan fingerprint density at radius 3 is 0.830 bits per heavy atom. The molecule has 14 aromatic carbocycles. The van der Waals surface area contributed by atoms with Crippen molar-refractivity contribution >= 4 is 21.5 Å². The Kier molecular flexibility index (Phi) is 14.0. The molecule has 0 unspecified atom stereocenters. The summed E-state index contributed by atoms with van der Waals surface area (Å²) < 4.78 is 13.0. The van der Waals surface area contributed by atoms with Crippen LogP contribution in [-0.4, -0.2) is 29.9 Å². The molecule has 8 nitrogen and oxygen atoms in total. The van der Waals surface area contributed by atoms with Crippen molar-refractivity contribution < 1.29 is 9.47 Å². The number of hydrogen-bond acceptors (Lipinski definition) is 8. The zero-order valence-electron chi connectivity index (χ0n) is 50.7. The van der Waals surface area contributed by atoms with Gasteiger partial charge in [0, 0.05) is 55.6 Å². The average Bonchev–Trinajstić information content (AvgIpc) is 0.768. The minimum Gasteiger partial charge on any atom is -0.456 e. The van der Waals surface area contributed by atoms with Gasteiger partial charge in [-0.15, -0.1) is 0 Å². The lowest BCUT2D eigenvalue weighted by Gasteiger charge is -2.22. The van der Waals surface area contributed by atoms with Gasteiger partial charge in [-0.2, -0.15) is 0 Å². The zero-order chi connectivity index (χ0) is 62.3. The monoisotopic (exact) mass is 1200 g/mol. The van der Waals surface area contributed by atoms with Crippen LogP contribution < -0.4 is 9.47 Å². The molecular formula is C86H54N6O2. The van der Waals surface area contributed by atoms with Crippen LogP contribution in [-0.2, 0) is 0 Å². The second kappa shape index (κ2) is 23.9. The third-order valence-corrected chi connectivity index (χ3v) is 17.5. The van der Waals surface area contributed by atoms with E-state index in [0.717, 1.165) is 139 Å². The maximum absolute atomic E-state index is 6.52. The molecule has 0 aliphatic carbocycles. The molecule has 0 bridgehead atoms. The summed E-state index contributed by atoms with van der Waals surface area (Å²) >= 11 is 0. The Balaban J connectivity index is 0.000000143. The van der Waals surface area contributed by atoms with Gasteiger partial charge in [0.25, 0.3) is 0 Å². The minimum atomic E-state index is 0.627. The molecule has 0 N–H and O–H groups in total. The van der Waals surface area contributed by atoms with E-state index in [2.05, 4.69) is 206 Å². The van der Waals surface area contributed by atoms with Gasteiger partial charge >= 0.3 is 0 Å². The zero-order valence-corrected chi connectivity index (χ0v) is 50.7. The highest BCUT2D eigenvalue weighted by molar-refractivity contribution is 6.14. The van der Waals surface area contributed by atoms with Gasteiger partial charge in [0.05, 0.1) is 0 Å². The number of rotatable bonds is 8. The summed E-state index contributed by atoms with van der Waals surface area (Å²) in [6.45, 7) is 0. The molecule has 0 fully saturated rings. The minimum absolute atomic E-state index is 0.627. The summed E-state index contributed by atoms with van der Waals surface area (Å²) in [4.78, 5) is 30.5. The molecule has 8 heteroatoms. The lowest BCUT2D eigenvalue weighted by atomic mass is 9.87. The third kappa shape index (κ3) is 10.3. The Labute approximate surface area is 543 Å². The van der Waals surface area contributed by atoms with Gasteiger partial charge in [-0.05, 0) is 109 Å². The van der Waals surface area contributed by atoms with E-state index < -0.39 is 0 Å². The lowest BCUT2D eigenvalue weighted by Crippen LogP contribution is -2.02. The second-order valence-corrected chi connectivity index (χ2v) is 23.2. The molecule has 0 saturated carbocycles. The molecule has 2 aromatic heterocycles. The summed E-state index contributed by atoms with van der Waals surface area (Å²) in [5, 5.41) is 4.42. The predicted octanol–water partition coefficient (Wildman–Crippen LogP) is 22.3. The highest BCUT2D eigenvalue weighted by Crippen LogP contribution is 2.51. The molecule has 2 aliphatic heterocycles. The van der Waals surface area contributed by atoms with E-state index in [-0.39, 0.29) is 0 Å². The van der Waals surface area contributed by atoms with Crippen LogP contribution in [0.25, 0.3) is 157 Å². The molecule has 2 aliphatic rings. The lowest BCUT2D eigenvalue weighted by molar-refractivity contribution is 0.486. The van der Waals surface area contributed by atoms with Crippen molar-refractivity contribution in [3.63, 3.8) is 0 Å².